The Morgan fingerprint density at radius 3 is 2.57 bits per heavy atom. The van der Waals surface area contributed by atoms with Gasteiger partial charge in [0.2, 0.25) is 0 Å². The third-order valence-electron chi connectivity index (χ3n) is 6.62. The van der Waals surface area contributed by atoms with E-state index in [0.29, 0.717) is 6.04 Å². The second-order valence-electron chi connectivity index (χ2n) is 8.44. The SMILES string of the molecule is COc1ccccc1-n1cc(CN2CCN([C@@H]3CCc4ccccc4C3)CC2)cn1. The number of rotatable bonds is 5. The van der Waals surface area contributed by atoms with Gasteiger partial charge in [-0.3, -0.25) is 9.80 Å². The Morgan fingerprint density at radius 1 is 0.967 bits per heavy atom. The molecule has 0 spiro atoms. The Morgan fingerprint density at radius 2 is 1.73 bits per heavy atom. The van der Waals surface area contributed by atoms with Gasteiger partial charge in [0.25, 0.3) is 0 Å². The Hall–Kier alpha value is -2.63. The topological polar surface area (TPSA) is 33.5 Å². The first-order chi connectivity index (χ1) is 14.8. The average Bonchev–Trinajstić information content (AvgIpc) is 3.27. The number of nitrogens with zero attached hydrogens (tertiary/aromatic N) is 4. The zero-order valence-electron chi connectivity index (χ0n) is 17.7. The molecule has 1 atom stereocenters. The highest BCUT2D eigenvalue weighted by Gasteiger charge is 2.27. The summed E-state index contributed by atoms with van der Waals surface area (Å²) in [6.45, 7) is 5.52. The zero-order chi connectivity index (χ0) is 20.3. The van der Waals surface area contributed by atoms with Crippen molar-refractivity contribution in [1.29, 1.82) is 0 Å². The summed E-state index contributed by atoms with van der Waals surface area (Å²) in [5.74, 6) is 0.842. The molecule has 1 saturated heterocycles. The minimum Gasteiger partial charge on any atom is -0.494 e. The first kappa shape index (κ1) is 19.3. The molecule has 2 heterocycles. The second kappa shape index (κ2) is 8.62. The van der Waals surface area contributed by atoms with Gasteiger partial charge in [-0.15, -0.1) is 0 Å². The van der Waals surface area contributed by atoms with Gasteiger partial charge in [-0.1, -0.05) is 36.4 Å². The molecule has 0 amide bonds. The Kier molecular flexibility index (Phi) is 5.56. The second-order valence-corrected chi connectivity index (χ2v) is 8.44. The van der Waals surface area contributed by atoms with Crippen LogP contribution in [0.4, 0.5) is 0 Å². The molecule has 30 heavy (non-hydrogen) atoms. The largest absolute Gasteiger partial charge is 0.494 e. The van der Waals surface area contributed by atoms with Crippen LogP contribution < -0.4 is 4.74 Å². The van der Waals surface area contributed by atoms with E-state index in [-0.39, 0.29) is 0 Å². The summed E-state index contributed by atoms with van der Waals surface area (Å²) in [5.41, 5.74) is 5.34. The quantitative estimate of drug-likeness (QED) is 0.654. The molecular weight excluding hydrogens is 372 g/mol. The van der Waals surface area contributed by atoms with E-state index in [9.17, 15) is 0 Å². The predicted molar refractivity (Wildman–Crippen MR) is 119 cm³/mol. The average molecular weight is 403 g/mol. The third-order valence-corrected chi connectivity index (χ3v) is 6.62. The van der Waals surface area contributed by atoms with Gasteiger partial charge in [-0.25, -0.2) is 4.68 Å². The normalized spacial score (nSPS) is 20.1. The molecule has 3 aromatic rings. The minimum atomic E-state index is 0.704. The summed E-state index contributed by atoms with van der Waals surface area (Å²) in [4.78, 5) is 5.27. The maximum absolute atomic E-state index is 5.47. The van der Waals surface area contributed by atoms with Crippen LogP contribution in [0.15, 0.2) is 60.9 Å². The molecule has 5 rings (SSSR count). The first-order valence-electron chi connectivity index (χ1n) is 11.0. The zero-order valence-corrected chi connectivity index (χ0v) is 17.7. The molecule has 5 heteroatoms. The smallest absolute Gasteiger partial charge is 0.144 e. The molecule has 0 bridgehead atoms. The van der Waals surface area contributed by atoms with E-state index in [1.54, 1.807) is 18.2 Å². The summed E-state index contributed by atoms with van der Waals surface area (Å²) >= 11 is 0. The number of hydrogen-bond donors (Lipinski definition) is 0. The molecule has 2 aromatic carbocycles. The highest BCUT2D eigenvalue weighted by molar-refractivity contribution is 5.46. The van der Waals surface area contributed by atoms with E-state index in [1.165, 1.54) is 24.8 Å². The molecule has 0 unspecified atom stereocenters. The number of piperazine rings is 1. The van der Waals surface area contributed by atoms with Gasteiger partial charge in [0.1, 0.15) is 11.4 Å². The van der Waals surface area contributed by atoms with Crippen molar-refractivity contribution in [1.82, 2.24) is 19.6 Å². The van der Waals surface area contributed by atoms with Crippen molar-refractivity contribution in [2.75, 3.05) is 33.3 Å². The van der Waals surface area contributed by atoms with Gasteiger partial charge >= 0.3 is 0 Å². The van der Waals surface area contributed by atoms with E-state index in [0.717, 1.165) is 44.2 Å². The molecule has 1 aliphatic carbocycles. The van der Waals surface area contributed by atoms with E-state index in [1.807, 2.05) is 35.1 Å². The van der Waals surface area contributed by atoms with E-state index >= 15 is 0 Å². The molecule has 2 aliphatic rings. The van der Waals surface area contributed by atoms with Crippen LogP contribution in [-0.2, 0) is 19.4 Å². The lowest BCUT2D eigenvalue weighted by atomic mass is 9.87. The third kappa shape index (κ3) is 4.00. The number of hydrogen-bond acceptors (Lipinski definition) is 4. The lowest BCUT2D eigenvalue weighted by molar-refractivity contribution is 0.0856. The van der Waals surface area contributed by atoms with Crippen molar-refractivity contribution in [2.24, 2.45) is 0 Å². The molecule has 1 aliphatic heterocycles. The summed E-state index contributed by atoms with van der Waals surface area (Å²) < 4.78 is 7.39. The number of methoxy groups -OCH3 is 1. The Balaban J connectivity index is 1.17. The molecule has 1 aromatic heterocycles. The standard InChI is InChI=1S/C25H30N4O/c1-30-25-9-5-4-8-24(25)29-19-20(17-26-29)18-27-12-14-28(15-13-27)23-11-10-21-6-2-3-7-22(21)16-23/h2-9,17,19,23H,10-16,18H2,1H3/t23-/m1/s1. The van der Waals surface area contributed by atoms with Gasteiger partial charge in [0.05, 0.1) is 13.3 Å². The highest BCUT2D eigenvalue weighted by atomic mass is 16.5. The van der Waals surface area contributed by atoms with Crippen molar-refractivity contribution in [2.45, 2.75) is 31.8 Å². The number of benzene rings is 2. The fraction of sp³-hybridized carbons (Fsp3) is 0.400. The fourth-order valence-electron chi connectivity index (χ4n) is 4.93. The van der Waals surface area contributed by atoms with Crippen molar-refractivity contribution in [3.8, 4) is 11.4 Å². The van der Waals surface area contributed by atoms with Crippen molar-refractivity contribution in [3.63, 3.8) is 0 Å². The van der Waals surface area contributed by atoms with E-state index in [2.05, 4.69) is 45.4 Å². The highest BCUT2D eigenvalue weighted by Crippen LogP contribution is 2.26. The first-order valence-corrected chi connectivity index (χ1v) is 11.0. The van der Waals surface area contributed by atoms with Crippen LogP contribution in [0.5, 0.6) is 5.75 Å². The fourth-order valence-corrected chi connectivity index (χ4v) is 4.93. The number of para-hydroxylation sites is 2. The predicted octanol–water partition coefficient (Wildman–Crippen LogP) is 3.56. The van der Waals surface area contributed by atoms with Crippen LogP contribution >= 0.6 is 0 Å². The van der Waals surface area contributed by atoms with E-state index < -0.39 is 0 Å². The van der Waals surface area contributed by atoms with Crippen LogP contribution in [0.3, 0.4) is 0 Å². The monoisotopic (exact) mass is 402 g/mol. The molecule has 0 N–H and O–H groups in total. The number of aryl methyl sites for hydroxylation is 1. The molecule has 0 saturated carbocycles. The van der Waals surface area contributed by atoms with Crippen LogP contribution in [-0.4, -0.2) is 58.9 Å². The van der Waals surface area contributed by atoms with Crippen LogP contribution in [0.25, 0.3) is 5.69 Å². The number of fused-ring (bicyclic) bond motifs is 1. The van der Waals surface area contributed by atoms with Crippen LogP contribution in [0.2, 0.25) is 0 Å². The van der Waals surface area contributed by atoms with Crippen LogP contribution in [0, 0.1) is 0 Å². The van der Waals surface area contributed by atoms with E-state index in [4.69, 9.17) is 4.74 Å². The minimum absolute atomic E-state index is 0.704. The maximum Gasteiger partial charge on any atom is 0.144 e. The maximum atomic E-state index is 5.47. The number of ether oxygens (including phenoxy) is 1. The summed E-state index contributed by atoms with van der Waals surface area (Å²) in [5, 5.41) is 4.57. The molecular formula is C25H30N4O. The number of aromatic nitrogens is 2. The molecule has 156 valence electrons. The van der Waals surface area contributed by atoms with Gasteiger partial charge in [-0.2, -0.15) is 5.10 Å². The Labute approximate surface area is 178 Å². The van der Waals surface area contributed by atoms with Gasteiger partial charge < -0.3 is 4.74 Å². The molecule has 1 fully saturated rings. The summed E-state index contributed by atoms with van der Waals surface area (Å²) in [6.07, 6.45) is 7.84. The van der Waals surface area contributed by atoms with Crippen molar-refractivity contribution in [3.05, 3.63) is 77.6 Å². The van der Waals surface area contributed by atoms with Crippen molar-refractivity contribution < 1.29 is 4.74 Å². The lowest BCUT2D eigenvalue weighted by Crippen LogP contribution is -2.51. The van der Waals surface area contributed by atoms with Gasteiger partial charge in [0, 0.05) is 50.5 Å². The van der Waals surface area contributed by atoms with Gasteiger partial charge in [0.15, 0.2) is 0 Å². The lowest BCUT2D eigenvalue weighted by Gasteiger charge is -2.41. The summed E-state index contributed by atoms with van der Waals surface area (Å²) in [7, 11) is 1.70. The Bertz CT molecular complexity index is 990. The van der Waals surface area contributed by atoms with Crippen molar-refractivity contribution >= 4 is 0 Å². The summed E-state index contributed by atoms with van der Waals surface area (Å²) in [6, 6.07) is 17.7. The molecule has 0 radical (unpaired) electrons. The van der Waals surface area contributed by atoms with Gasteiger partial charge in [-0.05, 0) is 42.5 Å². The molecule has 5 nitrogen and oxygen atoms in total. The van der Waals surface area contributed by atoms with Crippen LogP contribution in [0.1, 0.15) is 23.1 Å².